The van der Waals surface area contributed by atoms with Gasteiger partial charge in [0, 0.05) is 18.5 Å². The molecule has 1 aromatic rings. The highest BCUT2D eigenvalue weighted by atomic mass is 16.5. The molecule has 1 atom stereocenters. The smallest absolute Gasteiger partial charge is 0.119 e. The maximum absolute atomic E-state index is 10.2. The number of fused-ring (bicyclic) bond motifs is 2. The van der Waals surface area contributed by atoms with E-state index in [-0.39, 0.29) is 5.41 Å². The molecule has 3 rings (SSSR count). The fourth-order valence-electron chi connectivity index (χ4n) is 3.13. The lowest BCUT2D eigenvalue weighted by molar-refractivity contribution is 0.176. The van der Waals surface area contributed by atoms with Gasteiger partial charge in [-0.05, 0) is 36.1 Å². The highest BCUT2D eigenvalue weighted by molar-refractivity contribution is 5.44. The number of benzene rings is 1. The van der Waals surface area contributed by atoms with Gasteiger partial charge in [-0.15, -0.1) is 0 Å². The van der Waals surface area contributed by atoms with Gasteiger partial charge in [0.15, 0.2) is 0 Å². The van der Waals surface area contributed by atoms with Crippen molar-refractivity contribution in [1.29, 1.82) is 0 Å². The van der Waals surface area contributed by atoms with Crippen molar-refractivity contribution in [3.63, 3.8) is 0 Å². The third-order valence-electron chi connectivity index (χ3n) is 4.30. The first-order chi connectivity index (χ1) is 8.25. The van der Waals surface area contributed by atoms with Crippen LogP contribution >= 0.6 is 0 Å². The maximum Gasteiger partial charge on any atom is 0.119 e. The van der Waals surface area contributed by atoms with Gasteiger partial charge in [-0.25, -0.2) is 0 Å². The monoisotopic (exact) mass is 233 g/mol. The molecule has 2 aliphatic rings. The largest absolute Gasteiger partial charge is 0.497 e. The normalized spacial score (nSPS) is 25.9. The SMILES string of the molecule is COc1ccc2c(c1)C(O)CNCC21CCC1. The van der Waals surface area contributed by atoms with Crippen molar-refractivity contribution in [3.8, 4) is 5.75 Å². The predicted molar refractivity (Wildman–Crippen MR) is 66.4 cm³/mol. The lowest BCUT2D eigenvalue weighted by atomic mass is 9.63. The van der Waals surface area contributed by atoms with Crippen LogP contribution in [0.25, 0.3) is 0 Å². The van der Waals surface area contributed by atoms with Gasteiger partial charge in [0.25, 0.3) is 0 Å². The quantitative estimate of drug-likeness (QED) is 0.776. The first-order valence-corrected chi connectivity index (χ1v) is 6.32. The van der Waals surface area contributed by atoms with E-state index >= 15 is 0 Å². The van der Waals surface area contributed by atoms with Crippen LogP contribution in [0.3, 0.4) is 0 Å². The van der Waals surface area contributed by atoms with E-state index in [0.717, 1.165) is 17.9 Å². The van der Waals surface area contributed by atoms with E-state index < -0.39 is 6.10 Å². The third kappa shape index (κ3) is 1.65. The van der Waals surface area contributed by atoms with Crippen LogP contribution in [0.5, 0.6) is 5.75 Å². The van der Waals surface area contributed by atoms with Crippen LogP contribution in [0.4, 0.5) is 0 Å². The molecule has 3 heteroatoms. The van der Waals surface area contributed by atoms with Crippen LogP contribution in [0, 0.1) is 0 Å². The van der Waals surface area contributed by atoms with Crippen LogP contribution in [0.1, 0.15) is 36.5 Å². The summed E-state index contributed by atoms with van der Waals surface area (Å²) in [6.07, 6.45) is 3.33. The number of ether oxygens (including phenoxy) is 1. The second kappa shape index (κ2) is 4.00. The molecule has 0 bridgehead atoms. The Balaban J connectivity index is 2.09. The van der Waals surface area contributed by atoms with Crippen molar-refractivity contribution in [1.82, 2.24) is 5.32 Å². The Morgan fingerprint density at radius 3 is 2.88 bits per heavy atom. The summed E-state index contributed by atoms with van der Waals surface area (Å²) in [6.45, 7) is 1.63. The van der Waals surface area contributed by atoms with Crippen LogP contribution in [-0.2, 0) is 5.41 Å². The summed E-state index contributed by atoms with van der Waals surface area (Å²) in [5.41, 5.74) is 2.63. The van der Waals surface area contributed by atoms with Gasteiger partial charge in [0.1, 0.15) is 5.75 Å². The molecule has 3 nitrogen and oxygen atoms in total. The summed E-state index contributed by atoms with van der Waals surface area (Å²) in [5.74, 6) is 0.833. The van der Waals surface area contributed by atoms with Gasteiger partial charge < -0.3 is 15.2 Å². The van der Waals surface area contributed by atoms with Crippen molar-refractivity contribution < 1.29 is 9.84 Å². The van der Waals surface area contributed by atoms with E-state index in [0.29, 0.717) is 6.54 Å². The summed E-state index contributed by atoms with van der Waals surface area (Å²) in [6, 6.07) is 6.15. The second-order valence-electron chi connectivity index (χ2n) is 5.23. The Bertz CT molecular complexity index is 426. The summed E-state index contributed by atoms with van der Waals surface area (Å²) < 4.78 is 5.26. The molecule has 1 heterocycles. The molecule has 1 unspecified atom stereocenters. The van der Waals surface area contributed by atoms with Crippen molar-refractivity contribution in [3.05, 3.63) is 29.3 Å². The van der Waals surface area contributed by atoms with Crippen molar-refractivity contribution in [2.24, 2.45) is 0 Å². The van der Waals surface area contributed by atoms with Crippen molar-refractivity contribution in [2.75, 3.05) is 20.2 Å². The molecule has 0 radical (unpaired) electrons. The summed E-state index contributed by atoms with van der Waals surface area (Å²) in [4.78, 5) is 0. The van der Waals surface area contributed by atoms with E-state index in [9.17, 15) is 5.11 Å². The summed E-state index contributed by atoms with van der Waals surface area (Å²) >= 11 is 0. The lowest BCUT2D eigenvalue weighted by Gasteiger charge is -2.42. The Kier molecular flexibility index (Phi) is 2.60. The Labute approximate surface area is 102 Å². The number of hydrogen-bond donors (Lipinski definition) is 2. The second-order valence-corrected chi connectivity index (χ2v) is 5.23. The van der Waals surface area contributed by atoms with E-state index in [2.05, 4.69) is 11.4 Å². The molecule has 0 aromatic heterocycles. The minimum atomic E-state index is -0.417. The van der Waals surface area contributed by atoms with Gasteiger partial charge in [0.05, 0.1) is 13.2 Å². The number of β-amino-alcohol motifs (C(OH)–C–C–N with tert-alkyl or cyclic N) is 1. The first kappa shape index (κ1) is 11.1. The Morgan fingerprint density at radius 2 is 2.24 bits per heavy atom. The highest BCUT2D eigenvalue weighted by Crippen LogP contribution is 2.47. The van der Waals surface area contributed by atoms with Gasteiger partial charge in [-0.2, -0.15) is 0 Å². The average molecular weight is 233 g/mol. The minimum Gasteiger partial charge on any atom is -0.497 e. The molecule has 0 saturated heterocycles. The number of nitrogens with one attached hydrogen (secondary N) is 1. The molecule has 1 saturated carbocycles. The number of aliphatic hydroxyl groups excluding tert-OH is 1. The van der Waals surface area contributed by atoms with E-state index in [1.165, 1.54) is 24.8 Å². The lowest BCUT2D eigenvalue weighted by Crippen LogP contribution is -2.42. The Morgan fingerprint density at radius 1 is 1.41 bits per heavy atom. The predicted octanol–water partition coefficient (Wildman–Crippen LogP) is 1.75. The molecule has 1 fully saturated rings. The van der Waals surface area contributed by atoms with E-state index in [1.54, 1.807) is 7.11 Å². The van der Waals surface area contributed by atoms with Crippen LogP contribution in [0.2, 0.25) is 0 Å². The topological polar surface area (TPSA) is 41.5 Å². The molecule has 1 aliphatic carbocycles. The zero-order valence-corrected chi connectivity index (χ0v) is 10.2. The molecule has 0 amide bonds. The molecule has 92 valence electrons. The molecule has 1 aliphatic heterocycles. The number of methoxy groups -OCH3 is 1. The highest BCUT2D eigenvalue weighted by Gasteiger charge is 2.42. The number of rotatable bonds is 1. The van der Waals surface area contributed by atoms with E-state index in [1.807, 2.05) is 12.1 Å². The van der Waals surface area contributed by atoms with Gasteiger partial charge in [-0.3, -0.25) is 0 Å². The summed E-state index contributed by atoms with van der Waals surface area (Å²) in [7, 11) is 1.67. The molecule has 1 spiro atoms. The molecular formula is C14H19NO2. The molecule has 17 heavy (non-hydrogen) atoms. The zero-order chi connectivity index (χ0) is 11.9. The Hall–Kier alpha value is -1.06. The third-order valence-corrected chi connectivity index (χ3v) is 4.30. The van der Waals surface area contributed by atoms with Crippen LogP contribution in [-0.4, -0.2) is 25.3 Å². The van der Waals surface area contributed by atoms with Gasteiger partial charge in [0.2, 0.25) is 0 Å². The average Bonchev–Trinajstić information content (AvgIpc) is 2.45. The van der Waals surface area contributed by atoms with Crippen LogP contribution < -0.4 is 10.1 Å². The maximum atomic E-state index is 10.2. The van der Waals surface area contributed by atoms with Crippen molar-refractivity contribution >= 4 is 0 Å². The standard InChI is InChI=1S/C14H19NO2/c1-17-10-3-4-12-11(7-10)13(16)8-15-9-14(12)5-2-6-14/h3-4,7,13,15-16H,2,5-6,8-9H2,1H3. The fourth-order valence-corrected chi connectivity index (χ4v) is 3.13. The van der Waals surface area contributed by atoms with Crippen LogP contribution in [0.15, 0.2) is 18.2 Å². The van der Waals surface area contributed by atoms with Gasteiger partial charge in [-0.1, -0.05) is 12.5 Å². The van der Waals surface area contributed by atoms with Crippen molar-refractivity contribution in [2.45, 2.75) is 30.8 Å². The number of hydrogen-bond acceptors (Lipinski definition) is 3. The van der Waals surface area contributed by atoms with E-state index in [4.69, 9.17) is 4.74 Å². The first-order valence-electron chi connectivity index (χ1n) is 6.32. The van der Waals surface area contributed by atoms with Gasteiger partial charge >= 0.3 is 0 Å². The fraction of sp³-hybridized carbons (Fsp3) is 0.571. The number of aliphatic hydroxyl groups is 1. The molecular weight excluding hydrogens is 214 g/mol. The molecule has 1 aromatic carbocycles. The summed E-state index contributed by atoms with van der Waals surface area (Å²) in [5, 5.41) is 13.6. The molecule has 2 N–H and O–H groups in total. The minimum absolute atomic E-state index is 0.263. The zero-order valence-electron chi connectivity index (χ0n) is 10.2.